The zero-order valence-corrected chi connectivity index (χ0v) is 34.5. The summed E-state index contributed by atoms with van der Waals surface area (Å²) in [5, 5.41) is 0. The molecule has 0 saturated carbocycles. The van der Waals surface area contributed by atoms with Crippen LogP contribution in [0.4, 0.5) is 9.18 Å². The molecule has 1 aliphatic heterocycles. The molecule has 0 aromatic heterocycles. The maximum absolute atomic E-state index is 15.3. The van der Waals surface area contributed by atoms with Crippen LogP contribution in [0.2, 0.25) is 0 Å². The van der Waals surface area contributed by atoms with Crippen molar-refractivity contribution in [3.8, 4) is 0 Å². The first kappa shape index (κ1) is 45.6. The van der Waals surface area contributed by atoms with Gasteiger partial charge in [0.05, 0.1) is 13.2 Å². The van der Waals surface area contributed by atoms with Gasteiger partial charge in [0.2, 0.25) is 6.10 Å². The van der Waals surface area contributed by atoms with E-state index in [2.05, 4.69) is 0 Å². The van der Waals surface area contributed by atoms with Crippen LogP contribution in [0.1, 0.15) is 91.3 Å². The molecule has 2 aromatic rings. The molecule has 0 spiro atoms. The SMILES string of the molecule is CC(C)C[C@@H](C(=O)OC(C)C(=O)N(C)[C@@H](CC(C)(C)F)C(=O)O[C@H](Cc1ccc(C2=CCOCC2)cc1)C(=O)OCc1ccccc1)N(C)C(=O)OC(C)(C)C. The monoisotopic (exact) mass is 782 g/mol. The van der Waals surface area contributed by atoms with E-state index >= 15 is 4.39 Å². The summed E-state index contributed by atoms with van der Waals surface area (Å²) in [7, 11) is 2.69. The smallest absolute Gasteiger partial charge is 0.410 e. The molecule has 1 heterocycles. The van der Waals surface area contributed by atoms with Gasteiger partial charge in [-0.3, -0.25) is 9.69 Å². The van der Waals surface area contributed by atoms with Crippen molar-refractivity contribution in [1.29, 1.82) is 0 Å². The highest BCUT2D eigenvalue weighted by Gasteiger charge is 2.40. The number of rotatable bonds is 17. The summed E-state index contributed by atoms with van der Waals surface area (Å²) in [6.07, 6.45) is -1.17. The summed E-state index contributed by atoms with van der Waals surface area (Å²) in [5.74, 6) is -3.58. The van der Waals surface area contributed by atoms with Crippen LogP contribution in [0.25, 0.3) is 5.57 Å². The van der Waals surface area contributed by atoms with E-state index in [9.17, 15) is 24.0 Å². The number of esters is 3. The number of carbonyl (C=O) groups is 5. The lowest BCUT2D eigenvalue weighted by molar-refractivity contribution is -0.175. The Bertz CT molecular complexity index is 1660. The van der Waals surface area contributed by atoms with Crippen LogP contribution in [0.5, 0.6) is 0 Å². The maximum Gasteiger partial charge on any atom is 0.410 e. The molecule has 0 saturated heterocycles. The van der Waals surface area contributed by atoms with Gasteiger partial charge in [-0.2, -0.15) is 0 Å². The Kier molecular flexibility index (Phi) is 16.6. The first-order chi connectivity index (χ1) is 26.1. The Morgan fingerprint density at radius 1 is 0.804 bits per heavy atom. The van der Waals surface area contributed by atoms with Gasteiger partial charge in [0.1, 0.15) is 30.0 Å². The Hall–Kier alpha value is -4.78. The molecular weight excluding hydrogens is 723 g/mol. The van der Waals surface area contributed by atoms with Gasteiger partial charge in [0, 0.05) is 26.9 Å². The number of ether oxygens (including phenoxy) is 5. The van der Waals surface area contributed by atoms with Crippen molar-refractivity contribution >= 4 is 35.5 Å². The molecule has 0 radical (unpaired) electrons. The van der Waals surface area contributed by atoms with E-state index in [0.717, 1.165) is 32.9 Å². The number of likely N-dealkylation sites (N-methyl/N-ethyl adjacent to an activating group) is 2. The van der Waals surface area contributed by atoms with Gasteiger partial charge in [-0.1, -0.05) is 74.5 Å². The normalized spacial score (nSPS) is 15.4. The third-order valence-corrected chi connectivity index (χ3v) is 8.98. The summed E-state index contributed by atoms with van der Waals surface area (Å²) in [5.41, 5.74) is 0.762. The molecule has 56 heavy (non-hydrogen) atoms. The molecule has 12 nitrogen and oxygen atoms in total. The van der Waals surface area contributed by atoms with E-state index < -0.39 is 71.9 Å². The molecule has 4 atom stereocenters. The first-order valence-corrected chi connectivity index (χ1v) is 19.0. The van der Waals surface area contributed by atoms with E-state index in [4.69, 9.17) is 23.7 Å². The number of benzene rings is 2. The molecule has 2 aromatic carbocycles. The molecule has 3 rings (SSSR count). The van der Waals surface area contributed by atoms with Crippen molar-refractivity contribution in [2.45, 2.75) is 123 Å². The number of nitrogens with zero attached hydrogens (tertiary/aromatic N) is 2. The van der Waals surface area contributed by atoms with Crippen LogP contribution < -0.4 is 0 Å². The van der Waals surface area contributed by atoms with Crippen LogP contribution in [0, 0.1) is 5.92 Å². The van der Waals surface area contributed by atoms with E-state index in [-0.39, 0.29) is 25.4 Å². The van der Waals surface area contributed by atoms with Gasteiger partial charge in [-0.15, -0.1) is 0 Å². The predicted molar refractivity (Wildman–Crippen MR) is 209 cm³/mol. The van der Waals surface area contributed by atoms with Crippen molar-refractivity contribution in [2.24, 2.45) is 5.92 Å². The first-order valence-electron chi connectivity index (χ1n) is 19.0. The largest absolute Gasteiger partial charge is 0.458 e. The maximum atomic E-state index is 15.3. The number of carbonyl (C=O) groups excluding carboxylic acids is 5. The molecule has 13 heteroatoms. The van der Waals surface area contributed by atoms with Crippen molar-refractivity contribution < 1.29 is 52.0 Å². The number of halogens is 1. The Labute approximate surface area is 330 Å². The van der Waals surface area contributed by atoms with Gasteiger partial charge in [-0.25, -0.2) is 23.6 Å². The quantitative estimate of drug-likeness (QED) is 0.124. The second-order valence-electron chi connectivity index (χ2n) is 16.2. The molecule has 0 bridgehead atoms. The zero-order valence-electron chi connectivity index (χ0n) is 34.5. The molecule has 0 fully saturated rings. The second kappa shape index (κ2) is 20.4. The zero-order chi connectivity index (χ0) is 41.8. The van der Waals surface area contributed by atoms with Crippen LogP contribution in [0.3, 0.4) is 0 Å². The number of hydrogen-bond donors (Lipinski definition) is 0. The van der Waals surface area contributed by atoms with Crippen molar-refractivity contribution in [2.75, 3.05) is 27.3 Å². The van der Waals surface area contributed by atoms with Crippen molar-refractivity contribution in [3.63, 3.8) is 0 Å². The number of hydrogen-bond acceptors (Lipinski definition) is 10. The molecule has 0 aliphatic carbocycles. The minimum Gasteiger partial charge on any atom is -0.458 e. The molecule has 1 unspecified atom stereocenters. The lowest BCUT2D eigenvalue weighted by atomic mass is 9.98. The van der Waals surface area contributed by atoms with Crippen LogP contribution in [-0.2, 0) is 55.9 Å². The van der Waals surface area contributed by atoms with Crippen molar-refractivity contribution in [1.82, 2.24) is 9.80 Å². The van der Waals surface area contributed by atoms with Gasteiger partial charge in [0.15, 0.2) is 6.10 Å². The highest BCUT2D eigenvalue weighted by atomic mass is 19.1. The predicted octanol–water partition coefficient (Wildman–Crippen LogP) is 6.87. The summed E-state index contributed by atoms with van der Waals surface area (Å²) in [6, 6.07) is 13.9. The Morgan fingerprint density at radius 3 is 1.98 bits per heavy atom. The van der Waals surface area contributed by atoms with Crippen LogP contribution in [0.15, 0.2) is 60.7 Å². The summed E-state index contributed by atoms with van der Waals surface area (Å²) < 4.78 is 43.1. The Balaban J connectivity index is 1.83. The third kappa shape index (κ3) is 14.7. The van der Waals surface area contributed by atoms with Crippen LogP contribution in [-0.4, -0.2) is 103 Å². The molecule has 2 amide bonds. The van der Waals surface area contributed by atoms with Gasteiger partial charge < -0.3 is 28.6 Å². The standard InChI is InChI=1S/C43H59FN2O10/c1-28(2)24-34(46(10)41(51)56-42(4,5)6)38(48)54-29(3)37(47)45(9)35(26-43(7,8)44)39(49)55-36(40(50)53-27-31-14-12-11-13-15-31)25-30-16-18-32(19-17-30)33-20-22-52-23-21-33/h11-20,28-29,34-36H,21-27H2,1-10H3/t29?,34-,35-,36+/m0/s1. The average molecular weight is 783 g/mol. The van der Waals surface area contributed by atoms with E-state index in [1.165, 1.54) is 34.9 Å². The number of alkyl halides is 1. The molecule has 0 N–H and O–H groups in total. The fraction of sp³-hybridized carbons (Fsp3) is 0.558. The van der Waals surface area contributed by atoms with E-state index in [0.29, 0.717) is 18.8 Å². The van der Waals surface area contributed by atoms with Gasteiger partial charge in [-0.05, 0) is 82.6 Å². The molecule has 308 valence electrons. The number of amides is 2. The van der Waals surface area contributed by atoms with E-state index in [1.54, 1.807) is 45.0 Å². The second-order valence-corrected chi connectivity index (χ2v) is 16.2. The topological polar surface area (TPSA) is 138 Å². The molecular formula is C43H59FN2O10. The molecule has 1 aliphatic rings. The highest BCUT2D eigenvalue weighted by Crippen LogP contribution is 2.25. The minimum atomic E-state index is -1.96. The van der Waals surface area contributed by atoms with Crippen LogP contribution >= 0.6 is 0 Å². The fourth-order valence-corrected chi connectivity index (χ4v) is 5.97. The summed E-state index contributed by atoms with van der Waals surface area (Å²) in [6.45, 7) is 13.7. The Morgan fingerprint density at radius 2 is 1.43 bits per heavy atom. The van der Waals surface area contributed by atoms with Crippen molar-refractivity contribution in [3.05, 3.63) is 77.4 Å². The summed E-state index contributed by atoms with van der Waals surface area (Å²) >= 11 is 0. The lowest BCUT2D eigenvalue weighted by Crippen LogP contribution is -2.52. The summed E-state index contributed by atoms with van der Waals surface area (Å²) in [4.78, 5) is 69.7. The van der Waals surface area contributed by atoms with E-state index in [1.807, 2.05) is 50.3 Å². The van der Waals surface area contributed by atoms with Gasteiger partial charge in [0.25, 0.3) is 5.91 Å². The third-order valence-electron chi connectivity index (χ3n) is 8.98. The van der Waals surface area contributed by atoms with Gasteiger partial charge >= 0.3 is 24.0 Å². The average Bonchev–Trinajstić information content (AvgIpc) is 3.13. The fourth-order valence-electron chi connectivity index (χ4n) is 5.97. The lowest BCUT2D eigenvalue weighted by Gasteiger charge is -2.33. The minimum absolute atomic E-state index is 0.0355. The highest BCUT2D eigenvalue weighted by molar-refractivity contribution is 5.90.